The van der Waals surface area contributed by atoms with E-state index in [1.807, 2.05) is 33.9 Å². The van der Waals surface area contributed by atoms with Gasteiger partial charge in [0.15, 0.2) is 0 Å². The number of hydrogen-bond donors (Lipinski definition) is 1. The first kappa shape index (κ1) is 16.7. The highest BCUT2D eigenvalue weighted by molar-refractivity contribution is 7.07. The third-order valence-electron chi connectivity index (χ3n) is 3.67. The van der Waals surface area contributed by atoms with Crippen molar-refractivity contribution < 1.29 is 4.74 Å². The molecule has 2 aromatic heterocycles. The standard InChI is InChI=1S/C18H22N4OS/c1-14-7-21-22(9-14)10-15(2)19-8-16-3-5-18(6-4-16)23-11-17-12-24-13-20-17/h3-7,9,12-13,15,19H,8,10-11H2,1-2H3/t15-/m1/s1. The van der Waals surface area contributed by atoms with Gasteiger partial charge >= 0.3 is 0 Å². The number of benzene rings is 1. The highest BCUT2D eigenvalue weighted by Crippen LogP contribution is 2.14. The van der Waals surface area contributed by atoms with Crippen LogP contribution in [0, 0.1) is 6.92 Å². The van der Waals surface area contributed by atoms with E-state index in [1.165, 1.54) is 11.1 Å². The number of hydrogen-bond acceptors (Lipinski definition) is 5. The molecule has 0 saturated carbocycles. The first-order valence-corrected chi connectivity index (χ1v) is 8.94. The molecule has 3 aromatic rings. The molecule has 1 N–H and O–H groups in total. The second kappa shape index (κ2) is 8.08. The predicted molar refractivity (Wildman–Crippen MR) is 96.2 cm³/mol. The van der Waals surface area contributed by atoms with Crippen molar-refractivity contribution in [2.24, 2.45) is 0 Å². The lowest BCUT2D eigenvalue weighted by Gasteiger charge is -2.14. The van der Waals surface area contributed by atoms with Crippen molar-refractivity contribution >= 4 is 11.3 Å². The Labute approximate surface area is 146 Å². The Morgan fingerprint density at radius 2 is 2.12 bits per heavy atom. The Hall–Kier alpha value is -2.18. The van der Waals surface area contributed by atoms with Gasteiger partial charge in [0.2, 0.25) is 0 Å². The number of aryl methyl sites for hydroxylation is 1. The van der Waals surface area contributed by atoms with Crippen molar-refractivity contribution in [3.63, 3.8) is 0 Å². The molecule has 1 atom stereocenters. The molecule has 0 aliphatic rings. The van der Waals surface area contributed by atoms with Crippen LogP contribution in [0.4, 0.5) is 0 Å². The third-order valence-corrected chi connectivity index (χ3v) is 4.31. The Morgan fingerprint density at radius 1 is 1.29 bits per heavy atom. The zero-order chi connectivity index (χ0) is 16.8. The van der Waals surface area contributed by atoms with Gasteiger partial charge in [0.1, 0.15) is 12.4 Å². The number of rotatable bonds is 8. The van der Waals surface area contributed by atoms with E-state index < -0.39 is 0 Å². The maximum Gasteiger partial charge on any atom is 0.131 e. The molecule has 0 aliphatic heterocycles. The van der Waals surface area contributed by atoms with E-state index in [1.54, 1.807) is 11.3 Å². The van der Waals surface area contributed by atoms with Crippen LogP contribution >= 0.6 is 11.3 Å². The van der Waals surface area contributed by atoms with Crippen molar-refractivity contribution in [1.29, 1.82) is 0 Å². The van der Waals surface area contributed by atoms with Crippen molar-refractivity contribution in [3.8, 4) is 5.75 Å². The molecule has 0 spiro atoms. The summed E-state index contributed by atoms with van der Waals surface area (Å²) in [6.45, 7) is 6.43. The number of aromatic nitrogens is 3. The lowest BCUT2D eigenvalue weighted by atomic mass is 10.2. The summed E-state index contributed by atoms with van der Waals surface area (Å²) >= 11 is 1.58. The molecule has 126 valence electrons. The van der Waals surface area contributed by atoms with Crippen molar-refractivity contribution in [2.45, 2.75) is 39.6 Å². The van der Waals surface area contributed by atoms with Crippen LogP contribution in [-0.4, -0.2) is 20.8 Å². The number of ether oxygens (including phenoxy) is 1. The van der Waals surface area contributed by atoms with Gasteiger partial charge in [-0.1, -0.05) is 12.1 Å². The molecule has 0 amide bonds. The van der Waals surface area contributed by atoms with E-state index >= 15 is 0 Å². The molecule has 0 saturated heterocycles. The van der Waals surface area contributed by atoms with Gasteiger partial charge in [-0.2, -0.15) is 5.10 Å². The topological polar surface area (TPSA) is 52.0 Å². The zero-order valence-electron chi connectivity index (χ0n) is 14.0. The molecule has 1 aromatic carbocycles. The Bertz CT molecular complexity index is 737. The molecular weight excluding hydrogens is 320 g/mol. The smallest absolute Gasteiger partial charge is 0.131 e. The second-order valence-corrected chi connectivity index (χ2v) is 6.65. The fraction of sp³-hybridized carbons (Fsp3) is 0.333. The van der Waals surface area contributed by atoms with Crippen LogP contribution < -0.4 is 10.1 Å². The van der Waals surface area contributed by atoms with E-state index in [-0.39, 0.29) is 0 Å². The quantitative estimate of drug-likeness (QED) is 0.682. The van der Waals surface area contributed by atoms with Crippen molar-refractivity contribution in [1.82, 2.24) is 20.1 Å². The molecule has 2 heterocycles. The maximum atomic E-state index is 5.72. The van der Waals surface area contributed by atoms with Crippen LogP contribution in [0.25, 0.3) is 0 Å². The van der Waals surface area contributed by atoms with E-state index in [9.17, 15) is 0 Å². The van der Waals surface area contributed by atoms with Crippen LogP contribution in [-0.2, 0) is 19.7 Å². The molecule has 6 heteroatoms. The minimum absolute atomic E-state index is 0.352. The Balaban J connectivity index is 1.43. The van der Waals surface area contributed by atoms with Crippen LogP contribution in [0.3, 0.4) is 0 Å². The maximum absolute atomic E-state index is 5.72. The fourth-order valence-corrected chi connectivity index (χ4v) is 2.92. The molecular formula is C18H22N4OS. The van der Waals surface area contributed by atoms with Gasteiger partial charge in [0.25, 0.3) is 0 Å². The van der Waals surface area contributed by atoms with Gasteiger partial charge in [-0.05, 0) is 37.1 Å². The molecule has 5 nitrogen and oxygen atoms in total. The van der Waals surface area contributed by atoms with Gasteiger partial charge in [-0.15, -0.1) is 11.3 Å². The van der Waals surface area contributed by atoms with E-state index in [2.05, 4.69) is 47.6 Å². The van der Waals surface area contributed by atoms with Crippen molar-refractivity contribution in [3.05, 3.63) is 64.4 Å². The van der Waals surface area contributed by atoms with Gasteiger partial charge in [-0.25, -0.2) is 4.98 Å². The van der Waals surface area contributed by atoms with E-state index in [0.717, 1.165) is 24.5 Å². The van der Waals surface area contributed by atoms with Gasteiger partial charge < -0.3 is 10.1 Å². The summed E-state index contributed by atoms with van der Waals surface area (Å²) in [4.78, 5) is 4.21. The second-order valence-electron chi connectivity index (χ2n) is 5.93. The highest BCUT2D eigenvalue weighted by atomic mass is 32.1. The summed E-state index contributed by atoms with van der Waals surface area (Å²) in [5, 5.41) is 9.84. The Kier molecular flexibility index (Phi) is 5.61. The molecule has 0 unspecified atom stereocenters. The number of nitrogens with zero attached hydrogens (tertiary/aromatic N) is 3. The van der Waals surface area contributed by atoms with Gasteiger partial charge in [-0.3, -0.25) is 4.68 Å². The van der Waals surface area contributed by atoms with Crippen LogP contribution in [0.5, 0.6) is 5.75 Å². The van der Waals surface area contributed by atoms with Crippen molar-refractivity contribution in [2.75, 3.05) is 0 Å². The molecule has 0 aliphatic carbocycles. The van der Waals surface area contributed by atoms with E-state index in [4.69, 9.17) is 4.74 Å². The minimum Gasteiger partial charge on any atom is -0.487 e. The summed E-state index contributed by atoms with van der Waals surface area (Å²) in [5.41, 5.74) is 5.21. The summed E-state index contributed by atoms with van der Waals surface area (Å²) in [6.07, 6.45) is 3.95. The molecule has 0 radical (unpaired) electrons. The summed E-state index contributed by atoms with van der Waals surface area (Å²) in [5.74, 6) is 0.867. The van der Waals surface area contributed by atoms with Crippen LogP contribution in [0.1, 0.15) is 23.7 Å². The monoisotopic (exact) mass is 342 g/mol. The van der Waals surface area contributed by atoms with Gasteiger partial charge in [0.05, 0.1) is 23.9 Å². The fourth-order valence-electron chi connectivity index (χ4n) is 2.37. The third kappa shape index (κ3) is 4.91. The molecule has 0 bridgehead atoms. The van der Waals surface area contributed by atoms with Gasteiger partial charge in [0, 0.05) is 24.2 Å². The molecule has 24 heavy (non-hydrogen) atoms. The highest BCUT2D eigenvalue weighted by Gasteiger charge is 2.04. The number of nitrogens with one attached hydrogen (secondary N) is 1. The average molecular weight is 342 g/mol. The first-order chi connectivity index (χ1) is 11.7. The van der Waals surface area contributed by atoms with Crippen LogP contribution in [0.15, 0.2) is 47.5 Å². The lowest BCUT2D eigenvalue weighted by molar-refractivity contribution is 0.302. The normalized spacial score (nSPS) is 12.2. The summed E-state index contributed by atoms with van der Waals surface area (Å²) in [6, 6.07) is 8.54. The predicted octanol–water partition coefficient (Wildman–Crippen LogP) is 3.41. The lowest BCUT2D eigenvalue weighted by Crippen LogP contribution is -2.30. The SMILES string of the molecule is Cc1cnn(C[C@@H](C)NCc2ccc(OCc3cscn3)cc2)c1. The zero-order valence-corrected chi connectivity index (χ0v) is 14.8. The number of thiazole rings is 1. The molecule has 3 rings (SSSR count). The average Bonchev–Trinajstić information content (AvgIpc) is 3.24. The minimum atomic E-state index is 0.352. The Morgan fingerprint density at radius 3 is 2.79 bits per heavy atom. The van der Waals surface area contributed by atoms with Crippen LogP contribution in [0.2, 0.25) is 0 Å². The largest absolute Gasteiger partial charge is 0.487 e. The summed E-state index contributed by atoms with van der Waals surface area (Å²) in [7, 11) is 0. The van der Waals surface area contributed by atoms with E-state index in [0.29, 0.717) is 12.6 Å². The summed E-state index contributed by atoms with van der Waals surface area (Å²) < 4.78 is 7.70. The first-order valence-electron chi connectivity index (χ1n) is 8.00. The molecule has 0 fully saturated rings.